The molecular formula is C15H20N2O3S. The fourth-order valence-corrected chi connectivity index (χ4v) is 2.92. The molecule has 0 bridgehead atoms. The van der Waals surface area contributed by atoms with Crippen LogP contribution in [0.1, 0.15) is 28.8 Å². The van der Waals surface area contributed by atoms with E-state index in [0.717, 1.165) is 29.2 Å². The second kappa shape index (κ2) is 8.05. The molecule has 1 aromatic carbocycles. The van der Waals surface area contributed by atoms with E-state index < -0.39 is 0 Å². The minimum atomic E-state index is -0.0857. The quantitative estimate of drug-likeness (QED) is 0.666. The van der Waals surface area contributed by atoms with Gasteiger partial charge in [-0.05, 0) is 42.4 Å². The van der Waals surface area contributed by atoms with Crippen LogP contribution in [0.4, 0.5) is 5.69 Å². The highest BCUT2D eigenvalue weighted by molar-refractivity contribution is 7.99. The zero-order chi connectivity index (χ0) is 15.1. The smallest absolute Gasteiger partial charge is 0.251 e. The van der Waals surface area contributed by atoms with Crippen LogP contribution in [-0.2, 0) is 11.2 Å². The van der Waals surface area contributed by atoms with Gasteiger partial charge in [0, 0.05) is 36.6 Å². The zero-order valence-corrected chi connectivity index (χ0v) is 12.7. The van der Waals surface area contributed by atoms with E-state index in [-0.39, 0.29) is 18.4 Å². The molecule has 1 heterocycles. The summed E-state index contributed by atoms with van der Waals surface area (Å²) in [6.45, 7) is 0.827. The van der Waals surface area contributed by atoms with Crippen LogP contribution < -0.4 is 10.6 Å². The number of benzene rings is 1. The van der Waals surface area contributed by atoms with Crippen molar-refractivity contribution in [3.05, 3.63) is 29.3 Å². The van der Waals surface area contributed by atoms with E-state index in [9.17, 15) is 9.59 Å². The fourth-order valence-electron chi connectivity index (χ4n) is 2.13. The molecule has 0 radical (unpaired) electrons. The van der Waals surface area contributed by atoms with Crippen LogP contribution in [0.25, 0.3) is 0 Å². The van der Waals surface area contributed by atoms with Crippen LogP contribution in [-0.4, -0.2) is 41.6 Å². The topological polar surface area (TPSA) is 78.4 Å². The first-order chi connectivity index (χ1) is 10.2. The molecule has 0 saturated heterocycles. The van der Waals surface area contributed by atoms with E-state index in [4.69, 9.17) is 5.11 Å². The third-order valence-electron chi connectivity index (χ3n) is 3.24. The first-order valence-corrected chi connectivity index (χ1v) is 8.26. The minimum absolute atomic E-state index is 0.0274. The van der Waals surface area contributed by atoms with Crippen molar-refractivity contribution in [2.75, 3.05) is 30.0 Å². The molecule has 2 amide bonds. The lowest BCUT2D eigenvalue weighted by molar-refractivity contribution is -0.116. The molecule has 0 fully saturated rings. The summed E-state index contributed by atoms with van der Waals surface area (Å²) in [7, 11) is 0. The summed E-state index contributed by atoms with van der Waals surface area (Å²) in [6, 6.07) is 5.37. The average Bonchev–Trinajstić information content (AvgIpc) is 2.50. The summed E-state index contributed by atoms with van der Waals surface area (Å²) in [5.41, 5.74) is 2.45. The number of fused-ring (bicyclic) bond motifs is 1. The number of hydrogen-bond acceptors (Lipinski definition) is 4. The van der Waals surface area contributed by atoms with E-state index in [2.05, 4.69) is 10.6 Å². The number of hydrogen-bond donors (Lipinski definition) is 3. The van der Waals surface area contributed by atoms with Crippen molar-refractivity contribution in [1.82, 2.24) is 5.32 Å². The Labute approximate surface area is 128 Å². The molecule has 1 aliphatic heterocycles. The van der Waals surface area contributed by atoms with E-state index >= 15 is 0 Å². The monoisotopic (exact) mass is 308 g/mol. The number of anilines is 1. The van der Waals surface area contributed by atoms with Crippen molar-refractivity contribution in [2.45, 2.75) is 19.3 Å². The molecule has 0 spiro atoms. The molecule has 1 aliphatic rings. The molecular weight excluding hydrogens is 288 g/mol. The molecule has 0 atom stereocenters. The van der Waals surface area contributed by atoms with Crippen LogP contribution in [0.3, 0.4) is 0 Å². The van der Waals surface area contributed by atoms with Gasteiger partial charge in [-0.15, -0.1) is 0 Å². The molecule has 5 nitrogen and oxygen atoms in total. The van der Waals surface area contributed by atoms with Crippen molar-refractivity contribution >= 4 is 29.3 Å². The normalized spacial score (nSPS) is 13.5. The number of aliphatic hydroxyl groups excluding tert-OH is 1. The maximum atomic E-state index is 12.0. The van der Waals surface area contributed by atoms with Gasteiger partial charge in [-0.2, -0.15) is 11.8 Å². The number of nitrogens with one attached hydrogen (secondary N) is 2. The molecule has 0 unspecified atom stereocenters. The lowest BCUT2D eigenvalue weighted by Gasteiger charge is -2.17. The van der Waals surface area contributed by atoms with Gasteiger partial charge in [0.05, 0.1) is 0 Å². The maximum Gasteiger partial charge on any atom is 0.251 e. The van der Waals surface area contributed by atoms with Gasteiger partial charge in [0.25, 0.3) is 5.91 Å². The summed E-state index contributed by atoms with van der Waals surface area (Å²) in [6.07, 6.45) is 1.94. The standard InChI is InChI=1S/C15H20N2O3S/c18-7-1-8-21-9-6-16-15(20)12-2-4-13-11(10-12)3-5-14(19)17-13/h2,4,10,18H,1,3,5-9H2,(H,16,20)(H,17,19). The Morgan fingerprint density at radius 1 is 1.33 bits per heavy atom. The van der Waals surface area contributed by atoms with Gasteiger partial charge in [0.1, 0.15) is 0 Å². The average molecular weight is 308 g/mol. The first-order valence-electron chi connectivity index (χ1n) is 7.10. The SMILES string of the molecule is O=C1CCc2cc(C(=O)NCCSCCCO)ccc2N1. The Balaban J connectivity index is 1.81. The molecule has 21 heavy (non-hydrogen) atoms. The van der Waals surface area contributed by atoms with Gasteiger partial charge in [-0.25, -0.2) is 0 Å². The largest absolute Gasteiger partial charge is 0.396 e. The number of rotatable bonds is 7. The third-order valence-corrected chi connectivity index (χ3v) is 4.31. The predicted octanol–water partition coefficient (Wildman–Crippen LogP) is 1.42. The number of thioether (sulfide) groups is 1. The van der Waals surface area contributed by atoms with E-state index in [1.807, 2.05) is 6.07 Å². The molecule has 0 aromatic heterocycles. The molecule has 1 aromatic rings. The van der Waals surface area contributed by atoms with E-state index in [1.165, 1.54) is 0 Å². The van der Waals surface area contributed by atoms with Crippen LogP contribution in [0.5, 0.6) is 0 Å². The summed E-state index contributed by atoms with van der Waals surface area (Å²) in [4.78, 5) is 23.3. The Morgan fingerprint density at radius 2 is 2.19 bits per heavy atom. The summed E-state index contributed by atoms with van der Waals surface area (Å²) in [5, 5.41) is 14.3. The second-order valence-corrected chi connectivity index (χ2v) is 6.09. The van der Waals surface area contributed by atoms with E-state index in [1.54, 1.807) is 23.9 Å². The Bertz CT molecular complexity index is 520. The van der Waals surface area contributed by atoms with Crippen LogP contribution in [0.15, 0.2) is 18.2 Å². The second-order valence-electron chi connectivity index (χ2n) is 4.87. The van der Waals surface area contributed by atoms with Gasteiger partial charge < -0.3 is 15.7 Å². The lowest BCUT2D eigenvalue weighted by atomic mass is 10.00. The van der Waals surface area contributed by atoms with E-state index in [0.29, 0.717) is 24.9 Å². The Morgan fingerprint density at radius 3 is 3.00 bits per heavy atom. The van der Waals surface area contributed by atoms with Crippen molar-refractivity contribution in [3.8, 4) is 0 Å². The zero-order valence-electron chi connectivity index (χ0n) is 11.9. The van der Waals surface area contributed by atoms with Crippen molar-refractivity contribution in [3.63, 3.8) is 0 Å². The molecule has 0 aliphatic carbocycles. The molecule has 0 saturated carbocycles. The van der Waals surface area contributed by atoms with Gasteiger partial charge in [-0.1, -0.05) is 0 Å². The minimum Gasteiger partial charge on any atom is -0.396 e. The highest BCUT2D eigenvalue weighted by Gasteiger charge is 2.16. The molecule has 3 N–H and O–H groups in total. The molecule has 2 rings (SSSR count). The van der Waals surface area contributed by atoms with Crippen molar-refractivity contribution in [1.29, 1.82) is 0 Å². The van der Waals surface area contributed by atoms with Gasteiger partial charge in [0.15, 0.2) is 0 Å². The number of carbonyl (C=O) groups is 2. The fraction of sp³-hybridized carbons (Fsp3) is 0.467. The number of aliphatic hydroxyl groups is 1. The highest BCUT2D eigenvalue weighted by atomic mass is 32.2. The summed E-state index contributed by atoms with van der Waals surface area (Å²) in [5.74, 6) is 1.69. The van der Waals surface area contributed by atoms with Gasteiger partial charge in [0.2, 0.25) is 5.91 Å². The van der Waals surface area contributed by atoms with Gasteiger partial charge >= 0.3 is 0 Å². The summed E-state index contributed by atoms with van der Waals surface area (Å²) < 4.78 is 0. The number of aryl methyl sites for hydroxylation is 1. The molecule has 114 valence electrons. The first kappa shape index (κ1) is 15.9. The van der Waals surface area contributed by atoms with Crippen molar-refractivity contribution < 1.29 is 14.7 Å². The van der Waals surface area contributed by atoms with Crippen LogP contribution in [0, 0.1) is 0 Å². The number of carbonyl (C=O) groups excluding carboxylic acids is 2. The Kier molecular flexibility index (Phi) is 6.07. The molecule has 6 heteroatoms. The summed E-state index contributed by atoms with van der Waals surface area (Å²) >= 11 is 1.72. The number of amides is 2. The van der Waals surface area contributed by atoms with Crippen LogP contribution in [0.2, 0.25) is 0 Å². The van der Waals surface area contributed by atoms with Crippen molar-refractivity contribution in [2.24, 2.45) is 0 Å². The Hall–Kier alpha value is -1.53. The highest BCUT2D eigenvalue weighted by Crippen LogP contribution is 2.23. The maximum absolute atomic E-state index is 12.0. The lowest BCUT2D eigenvalue weighted by Crippen LogP contribution is -2.26. The van der Waals surface area contributed by atoms with Gasteiger partial charge in [-0.3, -0.25) is 9.59 Å². The predicted molar refractivity (Wildman–Crippen MR) is 84.8 cm³/mol. The van der Waals surface area contributed by atoms with Crippen LogP contribution >= 0.6 is 11.8 Å². The third kappa shape index (κ3) is 4.75.